The van der Waals surface area contributed by atoms with Crippen LogP contribution >= 0.6 is 0 Å². The molecule has 106 valence electrons. The molecule has 0 N–H and O–H groups in total. The second kappa shape index (κ2) is 4.13. The fraction of sp³-hybridized carbons (Fsp3) is 0.353. The molecule has 4 heteroatoms. The molecule has 2 aliphatic carbocycles. The van der Waals surface area contributed by atoms with Crippen molar-refractivity contribution in [3.8, 4) is 0 Å². The fourth-order valence-electron chi connectivity index (χ4n) is 4.02. The Labute approximate surface area is 122 Å². The van der Waals surface area contributed by atoms with Crippen LogP contribution in [0.4, 0.5) is 5.69 Å². The Morgan fingerprint density at radius 1 is 1.10 bits per heavy atom. The lowest BCUT2D eigenvalue weighted by Gasteiger charge is -2.17. The molecule has 4 atom stereocenters. The van der Waals surface area contributed by atoms with E-state index in [1.807, 2.05) is 0 Å². The van der Waals surface area contributed by atoms with Crippen LogP contribution in [0.15, 0.2) is 36.4 Å². The van der Waals surface area contributed by atoms with Gasteiger partial charge in [-0.2, -0.15) is 0 Å². The Kier molecular flexibility index (Phi) is 2.46. The summed E-state index contributed by atoms with van der Waals surface area (Å²) in [6.45, 7) is 1.48. The molecule has 0 aromatic heterocycles. The summed E-state index contributed by atoms with van der Waals surface area (Å²) in [5.41, 5.74) is 1.04. The van der Waals surface area contributed by atoms with Crippen LogP contribution < -0.4 is 4.90 Å². The zero-order chi connectivity index (χ0) is 14.7. The Morgan fingerprint density at radius 2 is 1.71 bits per heavy atom. The van der Waals surface area contributed by atoms with E-state index in [2.05, 4.69) is 12.2 Å². The van der Waals surface area contributed by atoms with Crippen molar-refractivity contribution in [3.63, 3.8) is 0 Å². The topological polar surface area (TPSA) is 54.5 Å². The van der Waals surface area contributed by atoms with Gasteiger partial charge in [-0.05, 0) is 37.3 Å². The number of hydrogen-bond donors (Lipinski definition) is 0. The van der Waals surface area contributed by atoms with Gasteiger partial charge in [0, 0.05) is 5.56 Å². The summed E-state index contributed by atoms with van der Waals surface area (Å²) in [5, 5.41) is 0. The molecule has 1 saturated carbocycles. The van der Waals surface area contributed by atoms with E-state index < -0.39 is 0 Å². The van der Waals surface area contributed by atoms with Crippen LogP contribution in [0.2, 0.25) is 0 Å². The van der Waals surface area contributed by atoms with Crippen molar-refractivity contribution in [2.75, 3.05) is 4.90 Å². The Morgan fingerprint density at radius 3 is 2.29 bits per heavy atom. The van der Waals surface area contributed by atoms with E-state index in [0.717, 1.165) is 6.42 Å². The summed E-state index contributed by atoms with van der Waals surface area (Å²) < 4.78 is 0. The zero-order valence-electron chi connectivity index (χ0n) is 11.7. The van der Waals surface area contributed by atoms with Crippen molar-refractivity contribution in [2.45, 2.75) is 13.3 Å². The number of amides is 2. The van der Waals surface area contributed by atoms with Crippen molar-refractivity contribution in [1.82, 2.24) is 0 Å². The van der Waals surface area contributed by atoms with E-state index in [-0.39, 0.29) is 41.3 Å². The van der Waals surface area contributed by atoms with Crippen LogP contribution in [-0.4, -0.2) is 17.6 Å². The van der Waals surface area contributed by atoms with E-state index >= 15 is 0 Å². The lowest BCUT2D eigenvalue weighted by molar-refractivity contribution is -0.123. The molecule has 2 fully saturated rings. The van der Waals surface area contributed by atoms with Gasteiger partial charge in [-0.1, -0.05) is 24.3 Å². The van der Waals surface area contributed by atoms with Gasteiger partial charge in [0.2, 0.25) is 11.8 Å². The Bertz CT molecular complexity index is 676. The maximum Gasteiger partial charge on any atom is 0.238 e. The molecule has 4 unspecified atom stereocenters. The highest BCUT2D eigenvalue weighted by molar-refractivity contribution is 6.23. The number of anilines is 1. The van der Waals surface area contributed by atoms with Crippen LogP contribution in [-0.2, 0) is 9.59 Å². The monoisotopic (exact) mass is 281 g/mol. The standard InChI is InChI=1S/C17H15NO3/c1-9(19)10-3-2-4-13(8-10)18-16(20)14-11-5-6-12(7-11)15(14)17(18)21/h2-6,8,11-12,14-15H,7H2,1H3. The molecule has 1 aliphatic heterocycles. The maximum absolute atomic E-state index is 12.7. The molecule has 2 bridgehead atoms. The van der Waals surface area contributed by atoms with E-state index in [4.69, 9.17) is 0 Å². The van der Waals surface area contributed by atoms with Gasteiger partial charge >= 0.3 is 0 Å². The van der Waals surface area contributed by atoms with Gasteiger partial charge in [-0.3, -0.25) is 14.4 Å². The predicted molar refractivity (Wildman–Crippen MR) is 76.7 cm³/mol. The molecule has 2 amide bonds. The highest BCUT2D eigenvalue weighted by Crippen LogP contribution is 2.53. The average Bonchev–Trinajstić information content (AvgIpc) is 3.13. The molecule has 21 heavy (non-hydrogen) atoms. The van der Waals surface area contributed by atoms with Gasteiger partial charge in [-0.25, -0.2) is 4.90 Å². The largest absolute Gasteiger partial charge is 0.295 e. The smallest absolute Gasteiger partial charge is 0.238 e. The summed E-state index contributed by atoms with van der Waals surface area (Å²) in [6.07, 6.45) is 5.08. The number of carbonyl (C=O) groups is 3. The summed E-state index contributed by atoms with van der Waals surface area (Å²) >= 11 is 0. The minimum absolute atomic E-state index is 0.0714. The lowest BCUT2D eigenvalue weighted by atomic mass is 9.85. The van der Waals surface area contributed by atoms with Crippen LogP contribution in [0, 0.1) is 23.7 Å². The second-order valence-electron chi connectivity index (χ2n) is 6.12. The molecular weight excluding hydrogens is 266 g/mol. The van der Waals surface area contributed by atoms with Gasteiger partial charge in [-0.15, -0.1) is 0 Å². The van der Waals surface area contributed by atoms with Crippen LogP contribution in [0.25, 0.3) is 0 Å². The minimum Gasteiger partial charge on any atom is -0.295 e. The number of benzene rings is 1. The van der Waals surface area contributed by atoms with E-state index in [1.54, 1.807) is 24.3 Å². The summed E-state index contributed by atoms with van der Waals surface area (Å²) in [4.78, 5) is 38.1. The first-order valence-corrected chi connectivity index (χ1v) is 7.25. The van der Waals surface area contributed by atoms with Gasteiger partial charge in [0.05, 0.1) is 17.5 Å². The number of allylic oxidation sites excluding steroid dienone is 2. The van der Waals surface area contributed by atoms with E-state index in [1.165, 1.54) is 11.8 Å². The Hall–Kier alpha value is -2.23. The third-order valence-electron chi connectivity index (χ3n) is 4.98. The van der Waals surface area contributed by atoms with Gasteiger partial charge in [0.25, 0.3) is 0 Å². The van der Waals surface area contributed by atoms with Crippen LogP contribution in [0.3, 0.4) is 0 Å². The highest BCUT2D eigenvalue weighted by atomic mass is 16.2. The first kappa shape index (κ1) is 12.5. The molecule has 1 aromatic rings. The number of imide groups is 1. The normalized spacial score (nSPS) is 32.9. The first-order valence-electron chi connectivity index (χ1n) is 7.25. The van der Waals surface area contributed by atoms with Crippen molar-refractivity contribution in [3.05, 3.63) is 42.0 Å². The second-order valence-corrected chi connectivity index (χ2v) is 6.12. The first-order chi connectivity index (χ1) is 10.1. The molecule has 0 radical (unpaired) electrons. The zero-order valence-corrected chi connectivity index (χ0v) is 11.7. The number of carbonyl (C=O) groups excluding carboxylic acids is 3. The van der Waals surface area contributed by atoms with Crippen molar-refractivity contribution < 1.29 is 14.4 Å². The Balaban J connectivity index is 1.74. The molecule has 1 heterocycles. The maximum atomic E-state index is 12.7. The molecule has 4 rings (SSSR count). The number of nitrogens with zero attached hydrogens (tertiary/aromatic N) is 1. The molecule has 4 nitrogen and oxygen atoms in total. The van der Waals surface area contributed by atoms with E-state index in [0.29, 0.717) is 11.3 Å². The summed E-state index contributed by atoms with van der Waals surface area (Å²) in [6, 6.07) is 6.77. The lowest BCUT2D eigenvalue weighted by Crippen LogP contribution is -2.32. The quantitative estimate of drug-likeness (QED) is 0.474. The minimum atomic E-state index is -0.200. The number of ketones is 1. The molecule has 1 aromatic carbocycles. The van der Waals surface area contributed by atoms with Crippen molar-refractivity contribution in [1.29, 1.82) is 0 Å². The van der Waals surface area contributed by atoms with Gasteiger partial charge in [0.1, 0.15) is 0 Å². The molecular formula is C17H15NO3. The van der Waals surface area contributed by atoms with Gasteiger partial charge in [0.15, 0.2) is 5.78 Å². The van der Waals surface area contributed by atoms with Crippen LogP contribution in [0.1, 0.15) is 23.7 Å². The third kappa shape index (κ3) is 1.59. The summed E-state index contributed by atoms with van der Waals surface area (Å²) in [7, 11) is 0. The molecule has 1 saturated heterocycles. The predicted octanol–water partition coefficient (Wildman–Crippen LogP) is 2.20. The van der Waals surface area contributed by atoms with Crippen LogP contribution in [0.5, 0.6) is 0 Å². The third-order valence-corrected chi connectivity index (χ3v) is 4.98. The SMILES string of the molecule is CC(=O)c1cccc(N2C(=O)C3C4C=CC(C4)C3C2=O)c1. The number of hydrogen-bond acceptors (Lipinski definition) is 3. The number of Topliss-reactive ketones (excluding diaryl/α,β-unsaturated/α-hetero) is 1. The molecule has 0 spiro atoms. The molecule has 3 aliphatic rings. The van der Waals surface area contributed by atoms with Gasteiger partial charge < -0.3 is 0 Å². The van der Waals surface area contributed by atoms with E-state index in [9.17, 15) is 14.4 Å². The fourth-order valence-corrected chi connectivity index (χ4v) is 4.02. The number of rotatable bonds is 2. The van der Waals surface area contributed by atoms with Crippen molar-refractivity contribution >= 4 is 23.3 Å². The summed E-state index contributed by atoms with van der Waals surface area (Å²) in [5.74, 6) is -0.278. The highest BCUT2D eigenvalue weighted by Gasteiger charge is 2.59. The van der Waals surface area contributed by atoms with Crippen molar-refractivity contribution in [2.24, 2.45) is 23.7 Å². The number of fused-ring (bicyclic) bond motifs is 5. The average molecular weight is 281 g/mol.